The Morgan fingerprint density at radius 1 is 0.842 bits per heavy atom. The van der Waals surface area contributed by atoms with Gasteiger partial charge in [0.25, 0.3) is 10.0 Å². The number of hydrogen-bond donors (Lipinski definition) is 1. The summed E-state index contributed by atoms with van der Waals surface area (Å²) in [6.45, 7) is 8.65. The molecule has 7 nitrogen and oxygen atoms in total. The fourth-order valence-corrected chi connectivity index (χ4v) is 5.27. The first-order valence-corrected chi connectivity index (χ1v) is 13.8. The number of halogens is 1. The summed E-state index contributed by atoms with van der Waals surface area (Å²) in [5.74, 6) is -1.47. The zero-order valence-electron chi connectivity index (χ0n) is 22.3. The average molecular weight is 540 g/mol. The number of nitrogens with one attached hydrogen (secondary N) is 1. The summed E-state index contributed by atoms with van der Waals surface area (Å²) in [7, 11) is -4.24. The molecule has 9 heteroatoms. The zero-order chi connectivity index (χ0) is 28.0. The van der Waals surface area contributed by atoms with Crippen molar-refractivity contribution in [1.29, 1.82) is 0 Å². The van der Waals surface area contributed by atoms with E-state index in [2.05, 4.69) is 5.32 Å². The third-order valence-corrected chi connectivity index (χ3v) is 7.86. The van der Waals surface area contributed by atoms with Crippen LogP contribution >= 0.6 is 0 Å². The third-order valence-electron chi connectivity index (χ3n) is 6.07. The number of nitrogens with zero attached hydrogens (tertiary/aromatic N) is 2. The van der Waals surface area contributed by atoms with Crippen LogP contribution < -0.4 is 9.62 Å². The fraction of sp³-hybridized carbons (Fsp3) is 0.310. The standard InChI is InChI=1S/C29H34FN3O4S/c1-20(2)31-29(35)23(5)32(18-24-10-6-21(3)7-11-24)28(34)19-33(26-14-8-22(4)9-15-26)38(36,37)27-16-12-25(30)13-17-27/h6-17,20,23H,18-19H2,1-5H3,(H,31,35). The average Bonchev–Trinajstić information content (AvgIpc) is 2.87. The molecule has 0 aromatic heterocycles. The molecule has 0 aliphatic heterocycles. The molecular formula is C29H34FN3O4S. The Morgan fingerprint density at radius 2 is 1.37 bits per heavy atom. The predicted molar refractivity (Wildman–Crippen MR) is 147 cm³/mol. The molecule has 2 amide bonds. The van der Waals surface area contributed by atoms with Gasteiger partial charge in [0.15, 0.2) is 0 Å². The summed E-state index contributed by atoms with van der Waals surface area (Å²) in [6.07, 6.45) is 0. The van der Waals surface area contributed by atoms with Gasteiger partial charge in [0.2, 0.25) is 11.8 Å². The van der Waals surface area contributed by atoms with E-state index in [9.17, 15) is 22.4 Å². The molecule has 0 saturated heterocycles. The minimum Gasteiger partial charge on any atom is -0.352 e. The van der Waals surface area contributed by atoms with E-state index in [0.717, 1.165) is 33.1 Å². The molecule has 0 heterocycles. The highest BCUT2D eigenvalue weighted by Gasteiger charge is 2.32. The first kappa shape index (κ1) is 28.8. The number of benzene rings is 3. The van der Waals surface area contributed by atoms with E-state index in [4.69, 9.17) is 0 Å². The van der Waals surface area contributed by atoms with E-state index in [-0.39, 0.29) is 29.1 Å². The van der Waals surface area contributed by atoms with Crippen molar-refractivity contribution in [3.8, 4) is 0 Å². The topological polar surface area (TPSA) is 86.8 Å². The molecule has 3 aromatic carbocycles. The Hall–Kier alpha value is -3.72. The van der Waals surface area contributed by atoms with Gasteiger partial charge in [0.05, 0.1) is 10.6 Å². The van der Waals surface area contributed by atoms with Gasteiger partial charge in [0, 0.05) is 12.6 Å². The molecule has 38 heavy (non-hydrogen) atoms. The fourth-order valence-electron chi connectivity index (χ4n) is 3.85. The van der Waals surface area contributed by atoms with Gasteiger partial charge in [-0.3, -0.25) is 13.9 Å². The lowest BCUT2D eigenvalue weighted by Crippen LogP contribution is -2.52. The molecule has 1 atom stereocenters. The van der Waals surface area contributed by atoms with Crippen LogP contribution in [0.4, 0.5) is 10.1 Å². The molecule has 0 fully saturated rings. The number of aryl methyl sites for hydroxylation is 2. The summed E-state index contributed by atoms with van der Waals surface area (Å²) in [5.41, 5.74) is 3.05. The maximum Gasteiger partial charge on any atom is 0.264 e. The smallest absolute Gasteiger partial charge is 0.264 e. The van der Waals surface area contributed by atoms with Gasteiger partial charge >= 0.3 is 0 Å². The molecule has 1 unspecified atom stereocenters. The number of amides is 2. The van der Waals surface area contributed by atoms with E-state index in [0.29, 0.717) is 0 Å². The van der Waals surface area contributed by atoms with E-state index < -0.39 is 34.3 Å². The Balaban J connectivity index is 2.02. The second-order valence-corrected chi connectivity index (χ2v) is 11.5. The highest BCUT2D eigenvalue weighted by Crippen LogP contribution is 2.25. The number of carbonyl (C=O) groups excluding carboxylic acids is 2. The minimum atomic E-state index is -4.24. The molecular weight excluding hydrogens is 505 g/mol. The van der Waals surface area contributed by atoms with Gasteiger partial charge in [-0.15, -0.1) is 0 Å². The van der Waals surface area contributed by atoms with Crippen LogP contribution in [0, 0.1) is 19.7 Å². The van der Waals surface area contributed by atoms with Crippen molar-refractivity contribution < 1.29 is 22.4 Å². The summed E-state index contributed by atoms with van der Waals surface area (Å²) >= 11 is 0. The van der Waals surface area contributed by atoms with Gasteiger partial charge in [-0.05, 0) is 76.6 Å². The maximum absolute atomic E-state index is 13.8. The Bertz CT molecular complexity index is 1360. The summed E-state index contributed by atoms with van der Waals surface area (Å²) in [6, 6.07) is 17.7. The van der Waals surface area contributed by atoms with E-state index in [1.165, 1.54) is 17.0 Å². The normalized spacial score (nSPS) is 12.2. The summed E-state index contributed by atoms with van der Waals surface area (Å²) in [4.78, 5) is 28.0. The SMILES string of the molecule is Cc1ccc(CN(C(=O)CN(c2ccc(C)cc2)S(=O)(=O)c2ccc(F)cc2)C(C)C(=O)NC(C)C)cc1. The lowest BCUT2D eigenvalue weighted by molar-refractivity contribution is -0.139. The van der Waals surface area contributed by atoms with Crippen molar-refractivity contribution in [2.75, 3.05) is 10.8 Å². The van der Waals surface area contributed by atoms with Crippen molar-refractivity contribution >= 4 is 27.5 Å². The molecule has 1 N–H and O–H groups in total. The van der Waals surface area contributed by atoms with Crippen LogP contribution in [0.2, 0.25) is 0 Å². The van der Waals surface area contributed by atoms with Gasteiger partial charge in [-0.2, -0.15) is 0 Å². The number of sulfonamides is 1. The van der Waals surface area contributed by atoms with Crippen LogP contribution in [0.3, 0.4) is 0 Å². The maximum atomic E-state index is 13.8. The molecule has 0 bridgehead atoms. The van der Waals surface area contributed by atoms with Crippen LogP contribution in [0.15, 0.2) is 77.7 Å². The van der Waals surface area contributed by atoms with Gasteiger partial charge in [-0.1, -0.05) is 47.5 Å². The zero-order valence-corrected chi connectivity index (χ0v) is 23.1. The molecule has 202 valence electrons. The van der Waals surface area contributed by atoms with Crippen LogP contribution in [0.1, 0.15) is 37.5 Å². The van der Waals surface area contributed by atoms with Crippen molar-refractivity contribution in [2.24, 2.45) is 0 Å². The Morgan fingerprint density at radius 3 is 1.89 bits per heavy atom. The molecule has 0 aliphatic rings. The number of anilines is 1. The van der Waals surface area contributed by atoms with Crippen molar-refractivity contribution in [2.45, 2.75) is 58.1 Å². The Kier molecular flexibility index (Phi) is 9.27. The van der Waals surface area contributed by atoms with Gasteiger partial charge in [-0.25, -0.2) is 12.8 Å². The number of rotatable bonds is 10. The van der Waals surface area contributed by atoms with Crippen molar-refractivity contribution in [3.63, 3.8) is 0 Å². The molecule has 0 spiro atoms. The van der Waals surface area contributed by atoms with Crippen LogP contribution in [-0.4, -0.2) is 43.8 Å². The largest absolute Gasteiger partial charge is 0.352 e. The quantitative estimate of drug-likeness (QED) is 0.409. The first-order valence-electron chi connectivity index (χ1n) is 12.4. The molecule has 0 radical (unpaired) electrons. The van der Waals surface area contributed by atoms with Gasteiger partial charge in [0.1, 0.15) is 18.4 Å². The van der Waals surface area contributed by atoms with E-state index >= 15 is 0 Å². The van der Waals surface area contributed by atoms with E-state index in [1.54, 1.807) is 31.2 Å². The summed E-state index contributed by atoms with van der Waals surface area (Å²) < 4.78 is 41.9. The van der Waals surface area contributed by atoms with E-state index in [1.807, 2.05) is 52.0 Å². The minimum absolute atomic E-state index is 0.115. The first-order chi connectivity index (χ1) is 17.9. The second-order valence-electron chi connectivity index (χ2n) is 9.65. The number of hydrogen-bond acceptors (Lipinski definition) is 4. The molecule has 3 rings (SSSR count). The lowest BCUT2D eigenvalue weighted by atomic mass is 10.1. The predicted octanol–water partition coefficient (Wildman–Crippen LogP) is 4.58. The number of carbonyl (C=O) groups is 2. The summed E-state index contributed by atoms with van der Waals surface area (Å²) in [5, 5.41) is 2.83. The van der Waals surface area contributed by atoms with Gasteiger partial charge < -0.3 is 10.2 Å². The highest BCUT2D eigenvalue weighted by atomic mass is 32.2. The van der Waals surface area contributed by atoms with Crippen molar-refractivity contribution in [3.05, 3.63) is 95.3 Å². The third kappa shape index (κ3) is 7.19. The molecule has 3 aromatic rings. The lowest BCUT2D eigenvalue weighted by Gasteiger charge is -2.32. The Labute approximate surface area is 224 Å². The van der Waals surface area contributed by atoms with Crippen molar-refractivity contribution in [1.82, 2.24) is 10.2 Å². The van der Waals surface area contributed by atoms with Crippen LogP contribution in [-0.2, 0) is 26.2 Å². The second kappa shape index (κ2) is 12.2. The molecule has 0 aliphatic carbocycles. The van der Waals surface area contributed by atoms with Crippen LogP contribution in [0.25, 0.3) is 0 Å². The molecule has 0 saturated carbocycles. The monoisotopic (exact) mass is 539 g/mol. The van der Waals surface area contributed by atoms with Crippen LogP contribution in [0.5, 0.6) is 0 Å². The highest BCUT2D eigenvalue weighted by molar-refractivity contribution is 7.92.